The minimum atomic E-state index is 0.722. The van der Waals surface area contributed by atoms with Gasteiger partial charge in [0.15, 0.2) is 0 Å². The summed E-state index contributed by atoms with van der Waals surface area (Å²) in [5.74, 6) is 0.722. The van der Waals surface area contributed by atoms with Crippen LogP contribution in [0.1, 0.15) is 5.69 Å². The number of nitrogens with one attached hydrogen (secondary N) is 1. The normalized spacial score (nSPS) is 10.9. The van der Waals surface area contributed by atoms with Crippen molar-refractivity contribution in [3.05, 3.63) is 28.8 Å². The van der Waals surface area contributed by atoms with Gasteiger partial charge in [-0.05, 0) is 29.0 Å². The fourth-order valence-corrected chi connectivity index (χ4v) is 1.72. The van der Waals surface area contributed by atoms with E-state index in [2.05, 4.69) is 31.2 Å². The average Bonchev–Trinajstić information content (AvgIpc) is 2.44. The summed E-state index contributed by atoms with van der Waals surface area (Å²) in [6.45, 7) is 0.771. The highest BCUT2D eigenvalue weighted by atomic mass is 79.9. The third-order valence-corrected chi connectivity index (χ3v) is 2.43. The van der Waals surface area contributed by atoms with Gasteiger partial charge in [-0.3, -0.25) is 4.40 Å². The van der Waals surface area contributed by atoms with Crippen LogP contribution in [0.15, 0.2) is 23.1 Å². The van der Waals surface area contributed by atoms with E-state index in [4.69, 9.17) is 0 Å². The quantitative estimate of drug-likeness (QED) is 0.859. The Morgan fingerprint density at radius 2 is 2.46 bits per heavy atom. The first kappa shape index (κ1) is 8.65. The van der Waals surface area contributed by atoms with Gasteiger partial charge in [0.25, 0.3) is 0 Å². The zero-order chi connectivity index (χ0) is 9.26. The molecule has 2 aromatic heterocycles. The fourth-order valence-electron chi connectivity index (χ4n) is 1.23. The van der Waals surface area contributed by atoms with E-state index in [1.54, 1.807) is 6.20 Å². The van der Waals surface area contributed by atoms with Gasteiger partial charge in [-0.25, -0.2) is 9.97 Å². The Hall–Kier alpha value is -0.940. The number of fused-ring (bicyclic) bond motifs is 1. The molecule has 0 aliphatic carbocycles. The number of aromatic nitrogens is 3. The second-order valence-electron chi connectivity index (χ2n) is 2.67. The molecule has 5 heteroatoms. The van der Waals surface area contributed by atoms with E-state index in [-0.39, 0.29) is 0 Å². The Morgan fingerprint density at radius 1 is 1.62 bits per heavy atom. The molecule has 68 valence electrons. The van der Waals surface area contributed by atoms with Gasteiger partial charge in [0.2, 0.25) is 5.78 Å². The molecular weight excluding hydrogens is 232 g/mol. The molecule has 4 nitrogen and oxygen atoms in total. The van der Waals surface area contributed by atoms with Gasteiger partial charge in [0.05, 0.1) is 5.69 Å². The zero-order valence-corrected chi connectivity index (χ0v) is 8.74. The van der Waals surface area contributed by atoms with Crippen molar-refractivity contribution in [3.8, 4) is 0 Å². The summed E-state index contributed by atoms with van der Waals surface area (Å²) in [4.78, 5) is 8.40. The maximum Gasteiger partial charge on any atom is 0.235 e. The van der Waals surface area contributed by atoms with Gasteiger partial charge in [0.1, 0.15) is 4.60 Å². The van der Waals surface area contributed by atoms with Crippen molar-refractivity contribution in [3.63, 3.8) is 0 Å². The second-order valence-corrected chi connectivity index (χ2v) is 3.42. The molecule has 0 aliphatic rings. The third kappa shape index (κ3) is 1.45. The summed E-state index contributed by atoms with van der Waals surface area (Å²) in [5, 5.41) is 3.08. The topological polar surface area (TPSA) is 42.2 Å². The van der Waals surface area contributed by atoms with Crippen LogP contribution in [0.5, 0.6) is 0 Å². The largest absolute Gasteiger partial charge is 0.314 e. The van der Waals surface area contributed by atoms with E-state index in [9.17, 15) is 0 Å². The maximum atomic E-state index is 4.26. The summed E-state index contributed by atoms with van der Waals surface area (Å²) in [6, 6.07) is 1.89. The lowest BCUT2D eigenvalue weighted by Gasteiger charge is -1.99. The van der Waals surface area contributed by atoms with E-state index < -0.39 is 0 Å². The Labute approximate surface area is 84.1 Å². The lowest BCUT2D eigenvalue weighted by Crippen LogP contribution is -2.08. The van der Waals surface area contributed by atoms with Crippen molar-refractivity contribution in [2.45, 2.75) is 6.54 Å². The van der Waals surface area contributed by atoms with Crippen molar-refractivity contribution in [1.82, 2.24) is 19.7 Å². The molecule has 0 spiro atoms. The monoisotopic (exact) mass is 240 g/mol. The van der Waals surface area contributed by atoms with Crippen LogP contribution >= 0.6 is 15.9 Å². The highest BCUT2D eigenvalue weighted by molar-refractivity contribution is 9.10. The van der Waals surface area contributed by atoms with Crippen LogP contribution in [-0.4, -0.2) is 21.4 Å². The number of halogens is 1. The Kier molecular flexibility index (Phi) is 2.28. The van der Waals surface area contributed by atoms with Gasteiger partial charge in [-0.1, -0.05) is 0 Å². The highest BCUT2D eigenvalue weighted by Gasteiger charge is 2.08. The molecule has 0 unspecified atom stereocenters. The van der Waals surface area contributed by atoms with Crippen molar-refractivity contribution < 1.29 is 0 Å². The molecule has 0 atom stereocenters. The standard InChI is InChI=1S/C8H9BrN4/c1-10-5-6-7(9)12-8-11-3-2-4-13(6)8/h2-4,10H,5H2,1H3. The number of rotatable bonds is 2. The first-order valence-corrected chi connectivity index (χ1v) is 4.74. The Balaban J connectivity index is 2.64. The zero-order valence-electron chi connectivity index (χ0n) is 7.16. The van der Waals surface area contributed by atoms with Gasteiger partial charge < -0.3 is 5.32 Å². The van der Waals surface area contributed by atoms with Crippen molar-refractivity contribution in [2.75, 3.05) is 7.05 Å². The van der Waals surface area contributed by atoms with E-state index in [1.807, 2.05) is 23.7 Å². The minimum absolute atomic E-state index is 0.722. The summed E-state index contributed by atoms with van der Waals surface area (Å²) in [5.41, 5.74) is 1.09. The van der Waals surface area contributed by atoms with E-state index in [0.29, 0.717) is 0 Å². The van der Waals surface area contributed by atoms with Crippen LogP contribution in [0.25, 0.3) is 5.78 Å². The lowest BCUT2D eigenvalue weighted by molar-refractivity contribution is 0.776. The predicted octanol–water partition coefficient (Wildman–Crippen LogP) is 1.21. The number of nitrogens with zero attached hydrogens (tertiary/aromatic N) is 3. The van der Waals surface area contributed by atoms with E-state index >= 15 is 0 Å². The third-order valence-electron chi connectivity index (χ3n) is 1.80. The van der Waals surface area contributed by atoms with Crippen molar-refractivity contribution in [1.29, 1.82) is 0 Å². The molecule has 13 heavy (non-hydrogen) atoms. The molecule has 0 radical (unpaired) electrons. The van der Waals surface area contributed by atoms with Crippen molar-refractivity contribution >= 4 is 21.7 Å². The van der Waals surface area contributed by atoms with Gasteiger partial charge in [-0.2, -0.15) is 0 Å². The van der Waals surface area contributed by atoms with Crippen LogP contribution in [0.2, 0.25) is 0 Å². The van der Waals surface area contributed by atoms with Gasteiger partial charge >= 0.3 is 0 Å². The average molecular weight is 241 g/mol. The molecule has 0 aliphatic heterocycles. The smallest absolute Gasteiger partial charge is 0.235 e. The van der Waals surface area contributed by atoms with Crippen LogP contribution in [0.3, 0.4) is 0 Å². The number of hydrogen-bond donors (Lipinski definition) is 1. The molecule has 0 saturated heterocycles. The lowest BCUT2D eigenvalue weighted by atomic mass is 10.4. The maximum absolute atomic E-state index is 4.26. The molecule has 0 amide bonds. The van der Waals surface area contributed by atoms with Gasteiger partial charge in [-0.15, -0.1) is 0 Å². The molecular formula is C8H9BrN4. The van der Waals surface area contributed by atoms with Crippen molar-refractivity contribution in [2.24, 2.45) is 0 Å². The molecule has 2 heterocycles. The summed E-state index contributed by atoms with van der Waals surface area (Å²) < 4.78 is 2.81. The van der Waals surface area contributed by atoms with E-state index in [1.165, 1.54) is 0 Å². The minimum Gasteiger partial charge on any atom is -0.314 e. The predicted molar refractivity (Wildman–Crippen MR) is 53.5 cm³/mol. The second kappa shape index (κ2) is 3.43. The molecule has 1 N–H and O–H groups in total. The van der Waals surface area contributed by atoms with Crippen LogP contribution < -0.4 is 5.32 Å². The Morgan fingerprint density at radius 3 is 3.23 bits per heavy atom. The number of imidazole rings is 1. The van der Waals surface area contributed by atoms with Crippen LogP contribution in [-0.2, 0) is 6.54 Å². The summed E-state index contributed by atoms with van der Waals surface area (Å²) in [7, 11) is 1.90. The fraction of sp³-hybridized carbons (Fsp3) is 0.250. The molecule has 0 aromatic carbocycles. The van der Waals surface area contributed by atoms with Crippen LogP contribution in [0.4, 0.5) is 0 Å². The molecule has 0 bridgehead atoms. The molecule has 2 rings (SSSR count). The Bertz CT molecular complexity index is 423. The van der Waals surface area contributed by atoms with Gasteiger partial charge in [0, 0.05) is 18.9 Å². The van der Waals surface area contributed by atoms with E-state index in [0.717, 1.165) is 22.6 Å². The van der Waals surface area contributed by atoms with Crippen LogP contribution in [0, 0.1) is 0 Å². The molecule has 0 saturated carbocycles. The summed E-state index contributed by atoms with van der Waals surface area (Å²) >= 11 is 3.40. The SMILES string of the molecule is CNCc1c(Br)nc2ncccn12. The molecule has 2 aromatic rings. The summed E-state index contributed by atoms with van der Waals surface area (Å²) in [6.07, 6.45) is 3.69. The highest BCUT2D eigenvalue weighted by Crippen LogP contribution is 2.16. The number of hydrogen-bond acceptors (Lipinski definition) is 3. The first-order valence-electron chi connectivity index (χ1n) is 3.95. The molecule has 0 fully saturated rings. The first-order chi connectivity index (χ1) is 6.33.